The molecule has 2 aliphatic rings. The number of carbonyl (C=O) groups excluding carboxylic acids is 1. The van der Waals surface area contributed by atoms with E-state index in [-0.39, 0.29) is 11.9 Å². The Morgan fingerprint density at radius 3 is 2.56 bits per heavy atom. The van der Waals surface area contributed by atoms with Crippen molar-refractivity contribution < 1.29 is 30.0 Å². The van der Waals surface area contributed by atoms with E-state index < -0.39 is 42.0 Å². The number of nitrogens with one attached hydrogen (secondary N) is 2. The smallest absolute Gasteiger partial charge is 0.237 e. The second kappa shape index (κ2) is 10.4. The van der Waals surface area contributed by atoms with Crippen molar-refractivity contribution in [1.82, 2.24) is 10.6 Å². The largest absolute Gasteiger partial charge is 0.391 e. The van der Waals surface area contributed by atoms with E-state index in [1.807, 2.05) is 6.92 Å². The van der Waals surface area contributed by atoms with Crippen molar-refractivity contribution >= 4 is 17.7 Å². The van der Waals surface area contributed by atoms with Gasteiger partial charge in [-0.25, -0.2) is 0 Å². The van der Waals surface area contributed by atoms with Gasteiger partial charge in [0.1, 0.15) is 29.9 Å². The second-order valence-corrected chi connectivity index (χ2v) is 8.90. The Balaban J connectivity index is 2.06. The molecule has 0 aliphatic carbocycles. The molecule has 2 fully saturated rings. The third-order valence-corrected chi connectivity index (χ3v) is 6.41. The quantitative estimate of drug-likeness (QED) is 0.309. The second-order valence-electron chi connectivity index (χ2n) is 7.52. The lowest BCUT2D eigenvalue weighted by molar-refractivity contribution is -0.211. The summed E-state index contributed by atoms with van der Waals surface area (Å²) >= 11 is 1.30. The van der Waals surface area contributed by atoms with Crippen LogP contribution in [-0.4, -0.2) is 86.7 Å². The van der Waals surface area contributed by atoms with Crippen LogP contribution in [0.3, 0.4) is 0 Å². The van der Waals surface area contributed by atoms with Crippen LogP contribution in [0.1, 0.15) is 40.0 Å². The number of aliphatic hydroxyl groups is 4. The Morgan fingerprint density at radius 1 is 1.26 bits per heavy atom. The average Bonchev–Trinajstić information content (AvgIpc) is 3.09. The lowest BCUT2D eigenvalue weighted by atomic mass is 9.92. The summed E-state index contributed by atoms with van der Waals surface area (Å²) in [4.78, 5) is 12.7. The Kier molecular flexibility index (Phi) is 8.79. The van der Waals surface area contributed by atoms with Gasteiger partial charge in [0.15, 0.2) is 0 Å². The lowest BCUT2D eigenvalue weighted by Gasteiger charge is -2.44. The molecule has 2 saturated heterocycles. The molecular weight excluding hydrogens is 372 g/mol. The summed E-state index contributed by atoms with van der Waals surface area (Å²) in [5, 5.41) is 46.8. The molecule has 9 atom stereocenters. The van der Waals surface area contributed by atoms with Gasteiger partial charge in [0, 0.05) is 0 Å². The maximum absolute atomic E-state index is 12.7. The highest BCUT2D eigenvalue weighted by Gasteiger charge is 2.48. The van der Waals surface area contributed by atoms with Gasteiger partial charge in [-0.15, -0.1) is 11.8 Å². The minimum Gasteiger partial charge on any atom is -0.391 e. The van der Waals surface area contributed by atoms with Crippen LogP contribution in [0.2, 0.25) is 0 Å². The number of aliphatic hydroxyl groups excluding tert-OH is 4. The Labute approximate surface area is 165 Å². The molecule has 9 unspecified atom stereocenters. The fraction of sp³-hybridized carbons (Fsp3) is 0.944. The number of hydrogen-bond acceptors (Lipinski definition) is 8. The Hall–Kier alpha value is -0.420. The molecule has 2 rings (SSSR count). The van der Waals surface area contributed by atoms with Crippen LogP contribution in [0.5, 0.6) is 0 Å². The first-order valence-corrected chi connectivity index (χ1v) is 10.9. The van der Waals surface area contributed by atoms with E-state index in [4.69, 9.17) is 4.74 Å². The fourth-order valence-electron chi connectivity index (χ4n) is 3.85. The van der Waals surface area contributed by atoms with Crippen LogP contribution < -0.4 is 10.6 Å². The van der Waals surface area contributed by atoms with E-state index in [1.54, 1.807) is 0 Å². The fourth-order valence-corrected chi connectivity index (χ4v) is 4.74. The monoisotopic (exact) mass is 406 g/mol. The predicted molar refractivity (Wildman–Crippen MR) is 103 cm³/mol. The molecule has 0 spiro atoms. The first-order valence-electron chi connectivity index (χ1n) is 9.83. The molecular formula is C18H34N2O6S. The summed E-state index contributed by atoms with van der Waals surface area (Å²) in [7, 11) is 0. The topological polar surface area (TPSA) is 131 Å². The Bertz CT molecular complexity index is 483. The third-order valence-electron chi connectivity index (χ3n) is 5.36. The van der Waals surface area contributed by atoms with E-state index >= 15 is 0 Å². The molecule has 2 heterocycles. The summed E-state index contributed by atoms with van der Waals surface area (Å²) in [5.41, 5.74) is -0.741. The molecule has 0 saturated carbocycles. The molecule has 1 amide bonds. The third kappa shape index (κ3) is 5.56. The predicted octanol–water partition coefficient (Wildman–Crippen LogP) is -0.809. The molecule has 0 radical (unpaired) electrons. The maximum atomic E-state index is 12.7. The molecule has 8 nitrogen and oxygen atoms in total. The van der Waals surface area contributed by atoms with Gasteiger partial charge < -0.3 is 35.8 Å². The number of rotatable bonds is 8. The van der Waals surface area contributed by atoms with E-state index in [1.165, 1.54) is 18.7 Å². The maximum Gasteiger partial charge on any atom is 0.237 e. The zero-order valence-electron chi connectivity index (χ0n) is 16.2. The highest BCUT2D eigenvalue weighted by atomic mass is 32.2. The van der Waals surface area contributed by atoms with Crippen molar-refractivity contribution in [3.8, 4) is 0 Å². The molecule has 6 N–H and O–H groups in total. The van der Waals surface area contributed by atoms with Crippen molar-refractivity contribution in [3.63, 3.8) is 0 Å². The van der Waals surface area contributed by atoms with Crippen LogP contribution in [-0.2, 0) is 9.53 Å². The van der Waals surface area contributed by atoms with Crippen molar-refractivity contribution in [2.45, 2.75) is 88.1 Å². The minimum absolute atomic E-state index is 0.254. The molecule has 0 aromatic rings. The van der Waals surface area contributed by atoms with Crippen molar-refractivity contribution in [2.75, 3.05) is 12.3 Å². The first kappa shape index (κ1) is 22.9. The van der Waals surface area contributed by atoms with Crippen molar-refractivity contribution in [3.05, 3.63) is 0 Å². The first-order chi connectivity index (χ1) is 12.8. The van der Waals surface area contributed by atoms with Crippen molar-refractivity contribution in [2.24, 2.45) is 5.92 Å². The van der Waals surface area contributed by atoms with Gasteiger partial charge in [0.2, 0.25) is 5.91 Å². The van der Waals surface area contributed by atoms with E-state index in [0.29, 0.717) is 11.7 Å². The lowest BCUT2D eigenvalue weighted by Crippen LogP contribution is -2.65. The number of amides is 1. The van der Waals surface area contributed by atoms with Gasteiger partial charge in [-0.05, 0) is 38.0 Å². The van der Waals surface area contributed by atoms with E-state index in [0.717, 1.165) is 25.8 Å². The van der Waals surface area contributed by atoms with Crippen LogP contribution in [0.25, 0.3) is 0 Å². The standard InChI is InChI=1S/C18H34N2O6S/c1-4-6-10-7-11(19-8-10)17(25)20-12(9(3)21)16-14(23)13(22)15(24)18(26-16)27-5-2/h9-16,18-19,21-24H,4-8H2,1-3H3,(H,20,25). The number of thioether (sulfide) groups is 1. The zero-order chi connectivity index (χ0) is 20.1. The normalized spacial score (nSPS) is 39.1. The summed E-state index contributed by atoms with van der Waals surface area (Å²) in [5.74, 6) is 0.846. The molecule has 0 aromatic heterocycles. The molecule has 0 bridgehead atoms. The average molecular weight is 407 g/mol. The number of ether oxygens (including phenoxy) is 1. The number of hydrogen-bond donors (Lipinski definition) is 6. The van der Waals surface area contributed by atoms with Gasteiger partial charge in [-0.1, -0.05) is 20.3 Å². The molecule has 158 valence electrons. The molecule has 2 aliphatic heterocycles. The van der Waals surface area contributed by atoms with Gasteiger partial charge >= 0.3 is 0 Å². The highest BCUT2D eigenvalue weighted by Crippen LogP contribution is 2.30. The summed E-state index contributed by atoms with van der Waals surface area (Å²) in [6.45, 7) is 6.29. The highest BCUT2D eigenvalue weighted by molar-refractivity contribution is 7.99. The summed E-state index contributed by atoms with van der Waals surface area (Å²) < 4.78 is 5.78. The minimum atomic E-state index is -1.42. The summed E-state index contributed by atoms with van der Waals surface area (Å²) in [6, 6.07) is -1.25. The van der Waals surface area contributed by atoms with E-state index in [9.17, 15) is 25.2 Å². The SMILES string of the molecule is CCCC1CNC(C(=O)NC(C(C)O)C2OC(SCC)C(O)C(O)C2O)C1. The van der Waals surface area contributed by atoms with Crippen molar-refractivity contribution in [1.29, 1.82) is 0 Å². The molecule has 27 heavy (non-hydrogen) atoms. The van der Waals surface area contributed by atoms with Gasteiger partial charge in [-0.3, -0.25) is 4.79 Å². The Morgan fingerprint density at radius 2 is 1.96 bits per heavy atom. The number of carbonyl (C=O) groups is 1. The van der Waals surface area contributed by atoms with Gasteiger partial charge in [-0.2, -0.15) is 0 Å². The summed E-state index contributed by atoms with van der Waals surface area (Å²) in [6.07, 6.45) is -3.24. The van der Waals surface area contributed by atoms with Gasteiger partial charge in [0.25, 0.3) is 0 Å². The van der Waals surface area contributed by atoms with Crippen LogP contribution >= 0.6 is 11.8 Å². The van der Waals surface area contributed by atoms with Crippen LogP contribution in [0.4, 0.5) is 0 Å². The van der Waals surface area contributed by atoms with Crippen LogP contribution in [0, 0.1) is 5.92 Å². The van der Waals surface area contributed by atoms with E-state index in [2.05, 4.69) is 17.6 Å². The molecule has 9 heteroatoms. The van der Waals surface area contributed by atoms with Crippen LogP contribution in [0.15, 0.2) is 0 Å². The molecule has 0 aromatic carbocycles. The van der Waals surface area contributed by atoms with Gasteiger partial charge in [0.05, 0.1) is 18.2 Å². The zero-order valence-corrected chi connectivity index (χ0v) is 17.1.